The van der Waals surface area contributed by atoms with E-state index in [1.165, 1.54) is 76.6 Å². The zero-order valence-corrected chi connectivity index (χ0v) is 20.4. The van der Waals surface area contributed by atoms with E-state index in [-0.39, 0.29) is 0 Å². The van der Waals surface area contributed by atoms with Gasteiger partial charge in [0.25, 0.3) is 0 Å². The first-order valence-corrected chi connectivity index (χ1v) is 13.6. The minimum atomic E-state index is 0.440. The fraction of sp³-hybridized carbons (Fsp3) is 0.516. The van der Waals surface area contributed by atoms with Crippen LogP contribution in [-0.2, 0) is 18.3 Å². The van der Waals surface area contributed by atoms with Crippen LogP contribution in [0.4, 0.5) is 5.69 Å². The predicted octanol–water partition coefficient (Wildman–Crippen LogP) is 7.44. The van der Waals surface area contributed by atoms with Gasteiger partial charge in [-0.25, -0.2) is 4.85 Å². The van der Waals surface area contributed by atoms with Crippen LogP contribution in [-0.4, -0.2) is 29.5 Å². The Morgan fingerprint density at radius 2 is 1.74 bits per heavy atom. The van der Waals surface area contributed by atoms with Gasteiger partial charge in [-0.1, -0.05) is 43.2 Å². The quantitative estimate of drug-likeness (QED) is 0.400. The molecule has 1 aliphatic heterocycles. The van der Waals surface area contributed by atoms with Gasteiger partial charge >= 0.3 is 0 Å². The molecule has 0 spiro atoms. The van der Waals surface area contributed by atoms with Crippen molar-refractivity contribution in [3.63, 3.8) is 0 Å². The average molecular weight is 452 g/mol. The summed E-state index contributed by atoms with van der Waals surface area (Å²) in [6.07, 6.45) is 13.6. The number of aromatic amines is 1. The van der Waals surface area contributed by atoms with Crippen molar-refractivity contribution in [1.82, 2.24) is 9.88 Å². The standard InChI is InChI=1S/C31H37N3/c1-32-27-12-13-30-24(21-27)22-28(33-30)16-20-34-18-14-26(15-19-34)31(25-9-3-4-10-25)17-6-8-23-7-2-5-11-29(23)31/h2,5,7,11-13,21-22,25-26,33H,3-4,6,8-10,14-20H2. The largest absolute Gasteiger partial charge is 0.358 e. The first-order chi connectivity index (χ1) is 16.8. The van der Waals surface area contributed by atoms with E-state index in [9.17, 15) is 0 Å². The fourth-order valence-electron chi connectivity index (χ4n) is 7.86. The highest BCUT2D eigenvalue weighted by Crippen LogP contribution is 2.55. The van der Waals surface area contributed by atoms with Gasteiger partial charge in [-0.05, 0) is 105 Å². The van der Waals surface area contributed by atoms with Crippen molar-refractivity contribution in [2.45, 2.75) is 69.6 Å². The van der Waals surface area contributed by atoms with Crippen LogP contribution in [0.5, 0.6) is 0 Å². The number of aromatic nitrogens is 1. The molecular weight excluding hydrogens is 414 g/mol. The third kappa shape index (κ3) is 3.87. The van der Waals surface area contributed by atoms with Crippen LogP contribution in [0.15, 0.2) is 48.5 Å². The zero-order valence-electron chi connectivity index (χ0n) is 20.4. The van der Waals surface area contributed by atoms with E-state index >= 15 is 0 Å². The van der Waals surface area contributed by atoms with Crippen LogP contribution in [0.1, 0.15) is 68.2 Å². The van der Waals surface area contributed by atoms with Gasteiger partial charge in [-0.3, -0.25) is 0 Å². The van der Waals surface area contributed by atoms with Crippen LogP contribution >= 0.6 is 0 Å². The second-order valence-electron chi connectivity index (χ2n) is 11.1. The topological polar surface area (TPSA) is 23.4 Å². The number of piperidine rings is 1. The molecule has 3 heteroatoms. The van der Waals surface area contributed by atoms with Gasteiger partial charge in [0.2, 0.25) is 0 Å². The molecule has 6 rings (SSSR count). The Morgan fingerprint density at radius 1 is 0.941 bits per heavy atom. The summed E-state index contributed by atoms with van der Waals surface area (Å²) < 4.78 is 0. The van der Waals surface area contributed by atoms with Crippen molar-refractivity contribution in [2.75, 3.05) is 19.6 Å². The highest BCUT2D eigenvalue weighted by Gasteiger charge is 2.49. The lowest BCUT2D eigenvalue weighted by atomic mass is 9.54. The first-order valence-electron chi connectivity index (χ1n) is 13.6. The summed E-state index contributed by atoms with van der Waals surface area (Å²) in [5.41, 5.74) is 7.00. The molecule has 1 aromatic heterocycles. The highest BCUT2D eigenvalue weighted by atomic mass is 15.1. The second-order valence-corrected chi connectivity index (χ2v) is 11.1. The Hall–Kier alpha value is -2.57. The van der Waals surface area contributed by atoms with E-state index in [4.69, 9.17) is 6.57 Å². The number of hydrogen-bond acceptors (Lipinski definition) is 1. The van der Waals surface area contributed by atoms with Gasteiger partial charge < -0.3 is 9.88 Å². The maximum atomic E-state index is 7.25. The molecule has 0 bridgehead atoms. The molecule has 3 aliphatic rings. The van der Waals surface area contributed by atoms with Crippen LogP contribution in [0.3, 0.4) is 0 Å². The number of H-pyrrole nitrogens is 1. The van der Waals surface area contributed by atoms with Gasteiger partial charge in [0, 0.05) is 29.6 Å². The van der Waals surface area contributed by atoms with Crippen molar-refractivity contribution in [2.24, 2.45) is 11.8 Å². The summed E-state index contributed by atoms with van der Waals surface area (Å²) in [6.45, 7) is 10.9. The molecule has 0 radical (unpaired) electrons. The average Bonchev–Trinajstić information content (AvgIpc) is 3.57. The number of fused-ring (bicyclic) bond motifs is 2. The summed E-state index contributed by atoms with van der Waals surface area (Å²) in [7, 11) is 0. The fourth-order valence-corrected chi connectivity index (χ4v) is 7.86. The van der Waals surface area contributed by atoms with Crippen LogP contribution in [0, 0.1) is 18.4 Å². The maximum absolute atomic E-state index is 7.25. The molecule has 3 nitrogen and oxygen atoms in total. The molecular formula is C31H37N3. The van der Waals surface area contributed by atoms with E-state index in [2.05, 4.69) is 45.1 Å². The second kappa shape index (κ2) is 9.23. The Morgan fingerprint density at radius 3 is 2.56 bits per heavy atom. The van der Waals surface area contributed by atoms with Gasteiger partial charge in [-0.2, -0.15) is 0 Å². The molecule has 3 aromatic rings. The Kier molecular flexibility index (Phi) is 5.95. The van der Waals surface area contributed by atoms with Gasteiger partial charge in [0.05, 0.1) is 6.57 Å². The molecule has 1 atom stereocenters. The zero-order chi connectivity index (χ0) is 23.0. The number of nitrogens with one attached hydrogen (secondary N) is 1. The van der Waals surface area contributed by atoms with E-state index in [0.717, 1.165) is 41.4 Å². The minimum absolute atomic E-state index is 0.440. The van der Waals surface area contributed by atoms with Gasteiger partial charge in [-0.15, -0.1) is 0 Å². The molecule has 1 saturated heterocycles. The highest BCUT2D eigenvalue weighted by molar-refractivity contribution is 5.84. The molecule has 1 N–H and O–H groups in total. The summed E-state index contributed by atoms with van der Waals surface area (Å²) in [4.78, 5) is 9.84. The molecule has 2 aliphatic carbocycles. The third-order valence-corrected chi connectivity index (χ3v) is 9.44. The molecule has 2 aromatic carbocycles. The van der Waals surface area contributed by atoms with E-state index < -0.39 is 0 Å². The minimum Gasteiger partial charge on any atom is -0.358 e. The Balaban J connectivity index is 1.15. The number of benzene rings is 2. The predicted molar refractivity (Wildman–Crippen MR) is 140 cm³/mol. The lowest BCUT2D eigenvalue weighted by molar-refractivity contribution is 0.0736. The van der Waals surface area contributed by atoms with Gasteiger partial charge in [0.1, 0.15) is 0 Å². The van der Waals surface area contributed by atoms with Crippen LogP contribution < -0.4 is 0 Å². The summed E-state index contributed by atoms with van der Waals surface area (Å²) in [6, 6.07) is 17.7. The Labute approximate surface area is 204 Å². The first kappa shape index (κ1) is 21.9. The van der Waals surface area contributed by atoms with Crippen molar-refractivity contribution >= 4 is 16.6 Å². The Bertz CT molecular complexity index is 1190. The normalized spacial score (nSPS) is 24.3. The van der Waals surface area contributed by atoms with Crippen LogP contribution in [0.2, 0.25) is 0 Å². The summed E-state index contributed by atoms with van der Waals surface area (Å²) in [5.74, 6) is 1.74. The number of rotatable bonds is 5. The monoisotopic (exact) mass is 451 g/mol. The number of likely N-dealkylation sites (tertiary alicyclic amines) is 1. The lowest BCUT2D eigenvalue weighted by Crippen LogP contribution is -2.49. The molecule has 2 fully saturated rings. The molecule has 2 heterocycles. The number of nitrogens with zero attached hydrogens (tertiary/aromatic N) is 2. The van der Waals surface area contributed by atoms with E-state index in [1.54, 1.807) is 11.1 Å². The van der Waals surface area contributed by atoms with Crippen molar-refractivity contribution in [1.29, 1.82) is 0 Å². The molecule has 34 heavy (non-hydrogen) atoms. The smallest absolute Gasteiger partial charge is 0.187 e. The molecule has 0 amide bonds. The molecule has 176 valence electrons. The van der Waals surface area contributed by atoms with E-state index in [0.29, 0.717) is 5.41 Å². The summed E-state index contributed by atoms with van der Waals surface area (Å²) >= 11 is 0. The lowest BCUT2D eigenvalue weighted by Gasteiger charge is -2.52. The van der Waals surface area contributed by atoms with Crippen molar-refractivity contribution < 1.29 is 0 Å². The maximum Gasteiger partial charge on any atom is 0.187 e. The summed E-state index contributed by atoms with van der Waals surface area (Å²) in [5, 5.41) is 1.16. The van der Waals surface area contributed by atoms with Gasteiger partial charge in [0.15, 0.2) is 5.69 Å². The molecule has 1 saturated carbocycles. The SMILES string of the molecule is [C-]#[N+]c1ccc2[nH]c(CCN3CCC(C4(C5CCCC5)CCCc5ccccc54)CC3)cc2c1. The third-order valence-electron chi connectivity index (χ3n) is 9.44. The molecule has 1 unspecified atom stereocenters. The van der Waals surface area contributed by atoms with Crippen molar-refractivity contribution in [3.05, 3.63) is 76.8 Å². The number of hydrogen-bond donors (Lipinski definition) is 1. The van der Waals surface area contributed by atoms with Crippen molar-refractivity contribution in [3.8, 4) is 0 Å². The van der Waals surface area contributed by atoms with Crippen LogP contribution in [0.25, 0.3) is 15.7 Å². The van der Waals surface area contributed by atoms with E-state index in [1.807, 2.05) is 18.2 Å². The number of aryl methyl sites for hydroxylation is 1.